The largest absolute Gasteiger partial charge is 0.444 e. The van der Waals surface area contributed by atoms with E-state index >= 15 is 0 Å². The molecule has 12 heteroatoms. The maximum atomic E-state index is 13.3. The highest BCUT2D eigenvalue weighted by Crippen LogP contribution is 2.24. The summed E-state index contributed by atoms with van der Waals surface area (Å²) in [7, 11) is 0. The molecule has 246 valence electrons. The molecule has 1 heterocycles. The van der Waals surface area contributed by atoms with Crippen molar-refractivity contribution in [1.29, 1.82) is 0 Å². The van der Waals surface area contributed by atoms with Crippen LogP contribution in [0.1, 0.15) is 67.9 Å². The van der Waals surface area contributed by atoms with E-state index in [-0.39, 0.29) is 12.4 Å². The summed E-state index contributed by atoms with van der Waals surface area (Å²) in [6.07, 6.45) is -1.01. The Morgan fingerprint density at radius 1 is 0.739 bits per heavy atom. The lowest BCUT2D eigenvalue weighted by atomic mass is 10.1. The van der Waals surface area contributed by atoms with E-state index in [0.717, 1.165) is 5.56 Å². The van der Waals surface area contributed by atoms with E-state index in [2.05, 4.69) is 20.6 Å². The summed E-state index contributed by atoms with van der Waals surface area (Å²) in [6, 6.07) is 16.8. The van der Waals surface area contributed by atoms with Gasteiger partial charge in [0.15, 0.2) is 0 Å². The molecule has 0 bridgehead atoms. The molecule has 3 rings (SSSR count). The Hall–Kier alpha value is -5.00. The number of carbonyl (C=O) groups is 4. The normalized spacial score (nSPS) is 12.4. The zero-order valence-electron chi connectivity index (χ0n) is 27.8. The predicted molar refractivity (Wildman–Crippen MR) is 174 cm³/mol. The molecule has 0 aliphatic carbocycles. The van der Waals surface area contributed by atoms with Crippen LogP contribution in [0, 0.1) is 0 Å². The topological polar surface area (TPSA) is 149 Å². The van der Waals surface area contributed by atoms with E-state index in [1.165, 1.54) is 6.20 Å². The zero-order valence-corrected chi connectivity index (χ0v) is 27.8. The summed E-state index contributed by atoms with van der Waals surface area (Å²) < 4.78 is 16.2. The standard InChI is InChI=1S/C34H43N5O7/c1-32(2,3)44-29(41)38-26(21-22-13-11-10-12-14-22)27(40)36-24-17-15-23(16-18-24)25-19-20-35-28(37-25)39(30(42)45-33(4,5)6)31(43)46-34(7,8)9/h10-20,26H,21H2,1-9H3,(H,36,40)(H,38,41)/t26-/m1/s1. The van der Waals surface area contributed by atoms with E-state index in [1.807, 2.05) is 30.3 Å². The average molecular weight is 634 g/mol. The van der Waals surface area contributed by atoms with Crippen molar-refractivity contribution in [1.82, 2.24) is 15.3 Å². The maximum absolute atomic E-state index is 13.3. The number of amides is 4. The number of anilines is 2. The summed E-state index contributed by atoms with van der Waals surface area (Å²) >= 11 is 0. The van der Waals surface area contributed by atoms with Crippen molar-refractivity contribution in [2.45, 2.75) is 91.6 Å². The summed E-state index contributed by atoms with van der Waals surface area (Å²) in [5.41, 5.74) is -0.172. The second-order valence-corrected chi connectivity index (χ2v) is 13.5. The van der Waals surface area contributed by atoms with E-state index in [0.29, 0.717) is 21.8 Å². The van der Waals surface area contributed by atoms with E-state index < -0.39 is 47.0 Å². The third-order valence-electron chi connectivity index (χ3n) is 5.73. The number of nitrogens with one attached hydrogen (secondary N) is 2. The lowest BCUT2D eigenvalue weighted by molar-refractivity contribution is -0.118. The second-order valence-electron chi connectivity index (χ2n) is 13.5. The average Bonchev–Trinajstić information content (AvgIpc) is 2.91. The Morgan fingerprint density at radius 2 is 1.28 bits per heavy atom. The molecule has 46 heavy (non-hydrogen) atoms. The lowest BCUT2D eigenvalue weighted by Crippen LogP contribution is -2.47. The van der Waals surface area contributed by atoms with Crippen LogP contribution in [0.15, 0.2) is 66.9 Å². The van der Waals surface area contributed by atoms with Crippen molar-refractivity contribution in [3.63, 3.8) is 0 Å². The maximum Gasteiger partial charge on any atom is 0.427 e. The third kappa shape index (κ3) is 11.5. The molecule has 0 radical (unpaired) electrons. The second kappa shape index (κ2) is 14.4. The summed E-state index contributed by atoms with van der Waals surface area (Å²) in [5.74, 6) is -0.660. The van der Waals surface area contributed by atoms with Crippen molar-refractivity contribution in [3.05, 3.63) is 72.4 Å². The number of aromatic nitrogens is 2. The minimum atomic E-state index is -0.984. The number of imide groups is 1. The van der Waals surface area contributed by atoms with Crippen LogP contribution in [0.3, 0.4) is 0 Å². The molecule has 0 saturated heterocycles. The number of alkyl carbamates (subject to hydrolysis) is 1. The minimum absolute atomic E-state index is 0.227. The first-order valence-electron chi connectivity index (χ1n) is 14.8. The van der Waals surface area contributed by atoms with E-state index in [4.69, 9.17) is 14.2 Å². The lowest BCUT2D eigenvalue weighted by Gasteiger charge is -2.27. The van der Waals surface area contributed by atoms with Crippen molar-refractivity contribution in [2.75, 3.05) is 10.2 Å². The molecule has 0 fully saturated rings. The van der Waals surface area contributed by atoms with Gasteiger partial charge in [0.25, 0.3) is 0 Å². The van der Waals surface area contributed by atoms with Gasteiger partial charge in [0.1, 0.15) is 22.8 Å². The monoisotopic (exact) mass is 633 g/mol. The molecule has 0 aliphatic rings. The zero-order chi connectivity index (χ0) is 34.3. The van der Waals surface area contributed by atoms with Gasteiger partial charge in [0.05, 0.1) is 5.69 Å². The van der Waals surface area contributed by atoms with E-state index in [9.17, 15) is 19.2 Å². The van der Waals surface area contributed by atoms with E-state index in [1.54, 1.807) is 92.6 Å². The van der Waals surface area contributed by atoms with Gasteiger partial charge < -0.3 is 24.8 Å². The van der Waals surface area contributed by atoms with Gasteiger partial charge in [-0.25, -0.2) is 24.4 Å². The van der Waals surface area contributed by atoms with Crippen molar-refractivity contribution in [2.24, 2.45) is 0 Å². The Morgan fingerprint density at radius 3 is 1.80 bits per heavy atom. The molecule has 1 atom stereocenters. The van der Waals surface area contributed by atoms with Crippen LogP contribution in [0.25, 0.3) is 11.3 Å². The molecule has 0 saturated carbocycles. The first-order valence-corrected chi connectivity index (χ1v) is 14.8. The fourth-order valence-electron chi connectivity index (χ4n) is 3.93. The van der Waals surface area contributed by atoms with Gasteiger partial charge in [0, 0.05) is 23.9 Å². The highest BCUT2D eigenvalue weighted by atomic mass is 16.6. The molecular formula is C34H43N5O7. The Labute approximate surface area is 269 Å². The van der Waals surface area contributed by atoms with Crippen molar-refractivity contribution in [3.8, 4) is 11.3 Å². The number of ether oxygens (including phenoxy) is 3. The number of nitrogens with zero attached hydrogens (tertiary/aromatic N) is 3. The SMILES string of the molecule is CC(C)(C)OC(=O)N[C@H](Cc1ccccc1)C(=O)Nc1ccc(-c2ccnc(N(C(=O)OC(C)(C)C)C(=O)OC(C)(C)C)n2)cc1. The highest BCUT2D eigenvalue weighted by Gasteiger charge is 2.35. The van der Waals surface area contributed by atoms with Crippen LogP contribution in [-0.4, -0.2) is 57.0 Å². The Bertz CT molecular complexity index is 1490. The molecule has 0 spiro atoms. The third-order valence-corrected chi connectivity index (χ3v) is 5.73. The molecule has 2 aromatic carbocycles. The van der Waals surface area contributed by atoms with Gasteiger partial charge in [-0.3, -0.25) is 4.79 Å². The fourth-order valence-corrected chi connectivity index (χ4v) is 3.93. The molecule has 4 amide bonds. The Balaban J connectivity index is 1.83. The molecule has 12 nitrogen and oxygen atoms in total. The van der Waals surface area contributed by atoms with Gasteiger partial charge in [0.2, 0.25) is 11.9 Å². The van der Waals surface area contributed by atoms with Gasteiger partial charge in [-0.1, -0.05) is 42.5 Å². The number of benzene rings is 2. The molecule has 0 aliphatic heterocycles. The first kappa shape index (κ1) is 35.5. The van der Waals surface area contributed by atoms with Gasteiger partial charge >= 0.3 is 18.3 Å². The van der Waals surface area contributed by atoms with Crippen molar-refractivity contribution >= 4 is 35.8 Å². The van der Waals surface area contributed by atoms with Crippen LogP contribution in [0.5, 0.6) is 0 Å². The minimum Gasteiger partial charge on any atom is -0.444 e. The fraction of sp³-hybridized carbons (Fsp3) is 0.412. The number of carbonyl (C=O) groups excluding carboxylic acids is 4. The number of hydrogen-bond acceptors (Lipinski definition) is 9. The quantitative estimate of drug-likeness (QED) is 0.265. The van der Waals surface area contributed by atoms with Crippen LogP contribution >= 0.6 is 0 Å². The molecule has 1 aromatic heterocycles. The smallest absolute Gasteiger partial charge is 0.427 e. The van der Waals surface area contributed by atoms with Crippen LogP contribution in [-0.2, 0) is 25.4 Å². The molecule has 2 N–H and O–H groups in total. The van der Waals surface area contributed by atoms with Crippen molar-refractivity contribution < 1.29 is 33.4 Å². The van der Waals surface area contributed by atoms with Crippen LogP contribution in [0.2, 0.25) is 0 Å². The number of hydrogen-bond donors (Lipinski definition) is 2. The summed E-state index contributed by atoms with van der Waals surface area (Å²) in [5, 5.41) is 5.51. The van der Waals surface area contributed by atoms with Gasteiger partial charge in [-0.2, -0.15) is 0 Å². The number of rotatable bonds is 7. The van der Waals surface area contributed by atoms with Crippen LogP contribution in [0.4, 0.5) is 26.0 Å². The van der Waals surface area contributed by atoms with Gasteiger partial charge in [-0.15, -0.1) is 4.90 Å². The molecule has 0 unspecified atom stereocenters. The summed E-state index contributed by atoms with van der Waals surface area (Å²) in [4.78, 5) is 61.1. The van der Waals surface area contributed by atoms with Crippen LogP contribution < -0.4 is 15.5 Å². The first-order chi connectivity index (χ1) is 21.3. The molecule has 3 aromatic rings. The Kier molecular flexibility index (Phi) is 11.1. The van der Waals surface area contributed by atoms with Gasteiger partial charge in [-0.05, 0) is 86.1 Å². The highest BCUT2D eigenvalue weighted by molar-refractivity contribution is 6.08. The summed E-state index contributed by atoms with van der Waals surface area (Å²) in [6.45, 7) is 15.3. The predicted octanol–water partition coefficient (Wildman–Crippen LogP) is 6.89. The molecular weight excluding hydrogens is 590 g/mol.